The Labute approximate surface area is 185 Å². The van der Waals surface area contributed by atoms with Crippen LogP contribution in [-0.4, -0.2) is 34.6 Å². The number of rotatable bonds is 10. The van der Waals surface area contributed by atoms with Gasteiger partial charge in [0, 0.05) is 18.3 Å². The third kappa shape index (κ3) is 6.91. The number of hydrogen-bond donors (Lipinski definition) is 1. The van der Waals surface area contributed by atoms with Crippen molar-refractivity contribution in [3.8, 4) is 0 Å². The molecule has 0 aliphatic carbocycles. The van der Waals surface area contributed by atoms with Gasteiger partial charge in [-0.2, -0.15) is 0 Å². The van der Waals surface area contributed by atoms with Crippen molar-refractivity contribution in [1.82, 2.24) is 10.2 Å². The van der Waals surface area contributed by atoms with E-state index in [-0.39, 0.29) is 17.9 Å². The lowest BCUT2D eigenvalue weighted by Gasteiger charge is -2.30. The molecule has 0 aliphatic heterocycles. The van der Waals surface area contributed by atoms with Gasteiger partial charge in [-0.15, -0.1) is 11.8 Å². The van der Waals surface area contributed by atoms with Gasteiger partial charge in [-0.1, -0.05) is 55.5 Å². The molecule has 30 heavy (non-hydrogen) atoms. The van der Waals surface area contributed by atoms with E-state index >= 15 is 0 Å². The molecule has 4 nitrogen and oxygen atoms in total. The van der Waals surface area contributed by atoms with E-state index in [9.17, 15) is 9.59 Å². The molecule has 162 valence electrons. The maximum absolute atomic E-state index is 13.2. The summed E-state index contributed by atoms with van der Waals surface area (Å²) in [6, 6.07) is 15.8. The minimum atomic E-state index is -0.523. The van der Waals surface area contributed by atoms with E-state index in [1.165, 1.54) is 11.1 Å². The van der Waals surface area contributed by atoms with Crippen molar-refractivity contribution in [2.24, 2.45) is 0 Å². The van der Waals surface area contributed by atoms with E-state index in [1.807, 2.05) is 64.1 Å². The second-order valence-corrected chi connectivity index (χ2v) is 8.85. The van der Waals surface area contributed by atoms with Gasteiger partial charge in [-0.05, 0) is 56.4 Å². The minimum absolute atomic E-state index is 0.0105. The lowest BCUT2D eigenvalue weighted by atomic mass is 10.1. The van der Waals surface area contributed by atoms with Gasteiger partial charge in [0.25, 0.3) is 0 Å². The normalized spacial score (nSPS) is 12.8. The average molecular weight is 427 g/mol. The molecule has 5 heteroatoms. The summed E-state index contributed by atoms with van der Waals surface area (Å²) in [6.07, 6.45) is 0.858. The Morgan fingerprint density at radius 2 is 1.53 bits per heavy atom. The number of nitrogens with one attached hydrogen (secondary N) is 1. The molecule has 0 unspecified atom stereocenters. The molecule has 0 saturated carbocycles. The van der Waals surface area contributed by atoms with Crippen molar-refractivity contribution in [2.45, 2.75) is 65.4 Å². The van der Waals surface area contributed by atoms with Crippen LogP contribution in [0.25, 0.3) is 0 Å². The number of nitrogens with zero attached hydrogens (tertiary/aromatic N) is 1. The molecular weight excluding hydrogens is 392 g/mol. The highest BCUT2D eigenvalue weighted by Gasteiger charge is 2.27. The maximum Gasteiger partial charge on any atom is 0.242 e. The van der Waals surface area contributed by atoms with Crippen LogP contribution in [0.3, 0.4) is 0 Å². The summed E-state index contributed by atoms with van der Waals surface area (Å²) in [5.41, 5.74) is 4.66. The van der Waals surface area contributed by atoms with Gasteiger partial charge >= 0.3 is 0 Å². The number of benzene rings is 2. The summed E-state index contributed by atoms with van der Waals surface area (Å²) in [4.78, 5) is 27.6. The third-order valence-corrected chi connectivity index (χ3v) is 6.48. The largest absolute Gasteiger partial charge is 0.352 e. The first kappa shape index (κ1) is 24.0. The van der Waals surface area contributed by atoms with Crippen LogP contribution in [0.4, 0.5) is 0 Å². The molecule has 2 atom stereocenters. The van der Waals surface area contributed by atoms with Crippen LogP contribution in [0.2, 0.25) is 0 Å². The third-order valence-electron chi connectivity index (χ3n) is 5.51. The molecule has 2 rings (SSSR count). The van der Waals surface area contributed by atoms with Gasteiger partial charge < -0.3 is 10.2 Å². The number of aryl methyl sites for hydroxylation is 2. The smallest absolute Gasteiger partial charge is 0.242 e. The number of carbonyl (C=O) groups is 2. The molecule has 0 heterocycles. The van der Waals surface area contributed by atoms with Crippen molar-refractivity contribution >= 4 is 23.6 Å². The van der Waals surface area contributed by atoms with Gasteiger partial charge in [-0.3, -0.25) is 9.59 Å². The lowest BCUT2D eigenvalue weighted by molar-refractivity contribution is -0.138. The lowest BCUT2D eigenvalue weighted by Crippen LogP contribution is -2.50. The predicted molar refractivity (Wildman–Crippen MR) is 126 cm³/mol. The Morgan fingerprint density at radius 1 is 0.967 bits per heavy atom. The Hall–Kier alpha value is -2.27. The number of carbonyl (C=O) groups excluding carboxylic acids is 2. The van der Waals surface area contributed by atoms with Gasteiger partial charge in [0.2, 0.25) is 11.8 Å². The molecule has 0 saturated heterocycles. The van der Waals surface area contributed by atoms with Crippen molar-refractivity contribution < 1.29 is 9.59 Å². The van der Waals surface area contributed by atoms with Crippen molar-refractivity contribution in [2.75, 3.05) is 5.75 Å². The fourth-order valence-corrected chi connectivity index (χ4v) is 4.11. The second kappa shape index (κ2) is 11.8. The highest BCUT2D eigenvalue weighted by molar-refractivity contribution is 7.99. The fraction of sp³-hybridized carbons (Fsp3) is 0.440. The van der Waals surface area contributed by atoms with E-state index in [0.29, 0.717) is 12.3 Å². The van der Waals surface area contributed by atoms with E-state index in [1.54, 1.807) is 16.7 Å². The van der Waals surface area contributed by atoms with Crippen LogP contribution in [0.15, 0.2) is 48.5 Å². The number of amides is 2. The van der Waals surface area contributed by atoms with Crippen LogP contribution < -0.4 is 5.32 Å². The van der Waals surface area contributed by atoms with Gasteiger partial charge in [-0.25, -0.2) is 0 Å². The van der Waals surface area contributed by atoms with E-state index in [2.05, 4.69) is 24.4 Å². The Morgan fingerprint density at radius 3 is 2.10 bits per heavy atom. The molecule has 0 bridgehead atoms. The van der Waals surface area contributed by atoms with Gasteiger partial charge in [0.1, 0.15) is 6.04 Å². The second-order valence-electron chi connectivity index (χ2n) is 7.86. The fourth-order valence-electron chi connectivity index (χ4n) is 3.12. The summed E-state index contributed by atoms with van der Waals surface area (Å²) >= 11 is 1.60. The predicted octanol–water partition coefficient (Wildman–Crippen LogP) is 4.87. The standard InChI is InChI=1S/C25H34N2O2S/c1-6-20(4)26-25(29)21(5)27(15-22-13-9-7-11-18(22)2)24(28)17-30-16-23-14-10-8-12-19(23)3/h7-14,20-21H,6,15-17H2,1-5H3,(H,26,29)/t20-,21+/m0/s1. The zero-order valence-electron chi connectivity index (χ0n) is 18.8. The van der Waals surface area contributed by atoms with Gasteiger partial charge in [0.15, 0.2) is 0 Å². The zero-order valence-corrected chi connectivity index (χ0v) is 19.6. The molecule has 0 aromatic heterocycles. The Bertz CT molecular complexity index is 853. The van der Waals surface area contributed by atoms with Crippen molar-refractivity contribution in [1.29, 1.82) is 0 Å². The van der Waals surface area contributed by atoms with Crippen LogP contribution >= 0.6 is 11.8 Å². The molecule has 2 aromatic carbocycles. The Kier molecular flexibility index (Phi) is 9.44. The molecular formula is C25H34N2O2S. The van der Waals surface area contributed by atoms with Crippen LogP contribution in [0, 0.1) is 13.8 Å². The highest BCUT2D eigenvalue weighted by atomic mass is 32.2. The summed E-state index contributed by atoms with van der Waals surface area (Å²) < 4.78 is 0. The molecule has 1 N–H and O–H groups in total. The average Bonchev–Trinajstić information content (AvgIpc) is 2.73. The molecule has 2 amide bonds. The van der Waals surface area contributed by atoms with Crippen LogP contribution in [0.5, 0.6) is 0 Å². The summed E-state index contributed by atoms with van der Waals surface area (Å²) in [7, 11) is 0. The molecule has 0 aliphatic rings. The summed E-state index contributed by atoms with van der Waals surface area (Å²) in [5.74, 6) is 1.02. The molecule has 2 aromatic rings. The highest BCUT2D eigenvalue weighted by Crippen LogP contribution is 2.19. The van der Waals surface area contributed by atoms with E-state index in [0.717, 1.165) is 23.3 Å². The first-order chi connectivity index (χ1) is 14.3. The monoisotopic (exact) mass is 426 g/mol. The maximum atomic E-state index is 13.2. The topological polar surface area (TPSA) is 49.4 Å². The minimum Gasteiger partial charge on any atom is -0.352 e. The van der Waals surface area contributed by atoms with Crippen molar-refractivity contribution in [3.63, 3.8) is 0 Å². The Balaban J connectivity index is 2.10. The SMILES string of the molecule is CC[C@H](C)NC(=O)[C@@H](C)N(Cc1ccccc1C)C(=O)CSCc1ccccc1C. The first-order valence-electron chi connectivity index (χ1n) is 10.6. The first-order valence-corrected chi connectivity index (χ1v) is 11.8. The zero-order chi connectivity index (χ0) is 22.1. The summed E-state index contributed by atoms with van der Waals surface area (Å²) in [5, 5.41) is 3.01. The molecule has 0 fully saturated rings. The van der Waals surface area contributed by atoms with Crippen LogP contribution in [0.1, 0.15) is 49.4 Å². The van der Waals surface area contributed by atoms with Crippen molar-refractivity contribution in [3.05, 3.63) is 70.8 Å². The summed E-state index contributed by atoms with van der Waals surface area (Å²) in [6.45, 7) is 10.4. The molecule has 0 spiro atoms. The molecule has 0 radical (unpaired) electrons. The van der Waals surface area contributed by atoms with E-state index < -0.39 is 6.04 Å². The number of thioether (sulfide) groups is 1. The van der Waals surface area contributed by atoms with Crippen LogP contribution in [-0.2, 0) is 21.9 Å². The number of hydrogen-bond acceptors (Lipinski definition) is 3. The quantitative estimate of drug-likeness (QED) is 0.590. The van der Waals surface area contributed by atoms with E-state index in [4.69, 9.17) is 0 Å². The van der Waals surface area contributed by atoms with Gasteiger partial charge in [0.05, 0.1) is 5.75 Å².